The van der Waals surface area contributed by atoms with E-state index < -0.39 is 24.2 Å². The Balaban J connectivity index is 1.44. The summed E-state index contributed by atoms with van der Waals surface area (Å²) >= 11 is 0. The van der Waals surface area contributed by atoms with Crippen LogP contribution in [-0.2, 0) is 6.54 Å². The summed E-state index contributed by atoms with van der Waals surface area (Å²) in [4.78, 5) is 13.3. The molecule has 11 heteroatoms. The zero-order valence-electron chi connectivity index (χ0n) is 19.9. The van der Waals surface area contributed by atoms with E-state index in [1.807, 2.05) is 38.1 Å². The third-order valence-electron chi connectivity index (χ3n) is 6.57. The lowest BCUT2D eigenvalue weighted by Crippen LogP contribution is -2.36. The minimum absolute atomic E-state index is 0.00552. The molecule has 0 unspecified atom stereocenters. The fourth-order valence-corrected chi connectivity index (χ4v) is 4.57. The second-order valence-corrected chi connectivity index (χ2v) is 8.94. The molecule has 1 aliphatic rings. The van der Waals surface area contributed by atoms with Crippen LogP contribution in [0.5, 0.6) is 0 Å². The summed E-state index contributed by atoms with van der Waals surface area (Å²) in [5, 5.41) is 14.3. The van der Waals surface area contributed by atoms with Crippen LogP contribution >= 0.6 is 0 Å². The number of aryl methyl sites for hydroxylation is 2. The van der Waals surface area contributed by atoms with Crippen LogP contribution in [0.1, 0.15) is 57.1 Å². The summed E-state index contributed by atoms with van der Waals surface area (Å²) in [7, 11) is 0. The van der Waals surface area contributed by atoms with E-state index in [1.165, 1.54) is 6.26 Å². The lowest BCUT2D eigenvalue weighted by Gasteiger charge is -2.32. The summed E-state index contributed by atoms with van der Waals surface area (Å²) in [6.45, 7) is 6.16. The van der Waals surface area contributed by atoms with Gasteiger partial charge in [0.1, 0.15) is 17.1 Å². The lowest BCUT2D eigenvalue weighted by atomic mass is 10.0. The molecule has 1 amide bonds. The van der Waals surface area contributed by atoms with Crippen LogP contribution in [0.4, 0.5) is 24.7 Å². The van der Waals surface area contributed by atoms with Crippen LogP contribution in [0.15, 0.2) is 53.3 Å². The highest BCUT2D eigenvalue weighted by Crippen LogP contribution is 2.44. The van der Waals surface area contributed by atoms with Crippen LogP contribution in [-0.4, -0.2) is 31.6 Å². The number of hydrogen-bond acceptors (Lipinski definition) is 5. The minimum Gasteiger partial charge on any atom is -0.467 e. The Labute approximate surface area is 205 Å². The molecule has 2 N–H and O–H groups in total. The van der Waals surface area contributed by atoms with E-state index in [4.69, 9.17) is 4.42 Å². The molecule has 0 bridgehead atoms. The molecule has 3 aromatic heterocycles. The van der Waals surface area contributed by atoms with Gasteiger partial charge in [-0.25, -0.2) is 4.68 Å². The van der Waals surface area contributed by atoms with Gasteiger partial charge in [0, 0.05) is 6.42 Å². The number of aromatic nitrogens is 4. The topological polar surface area (TPSA) is 89.9 Å². The molecule has 188 valence electrons. The smallest absolute Gasteiger partial charge is 0.410 e. The molecule has 0 saturated heterocycles. The van der Waals surface area contributed by atoms with Gasteiger partial charge in [-0.05, 0) is 44.0 Å². The van der Waals surface area contributed by atoms with Gasteiger partial charge < -0.3 is 15.1 Å². The molecule has 2 atom stereocenters. The highest BCUT2D eigenvalue weighted by Gasteiger charge is 2.47. The fraction of sp³-hybridized carbons (Fsp3) is 0.320. The van der Waals surface area contributed by atoms with Gasteiger partial charge >= 0.3 is 6.18 Å². The highest BCUT2D eigenvalue weighted by atomic mass is 19.4. The van der Waals surface area contributed by atoms with Crippen LogP contribution in [0.25, 0.3) is 0 Å². The van der Waals surface area contributed by atoms with Crippen molar-refractivity contribution >= 4 is 17.4 Å². The minimum atomic E-state index is -4.55. The molecule has 36 heavy (non-hydrogen) atoms. The van der Waals surface area contributed by atoms with Crippen molar-refractivity contribution < 1.29 is 22.4 Å². The Morgan fingerprint density at radius 2 is 1.97 bits per heavy atom. The number of benzene rings is 1. The third kappa shape index (κ3) is 4.25. The zero-order chi connectivity index (χ0) is 25.6. The van der Waals surface area contributed by atoms with Crippen molar-refractivity contribution in [3.05, 3.63) is 82.7 Å². The van der Waals surface area contributed by atoms with Gasteiger partial charge in [0.05, 0.1) is 42.1 Å². The molecule has 4 aromatic rings. The van der Waals surface area contributed by atoms with Gasteiger partial charge in [-0.15, -0.1) is 0 Å². The van der Waals surface area contributed by atoms with Gasteiger partial charge in [-0.1, -0.05) is 24.3 Å². The van der Waals surface area contributed by atoms with Gasteiger partial charge in [-0.3, -0.25) is 9.48 Å². The summed E-state index contributed by atoms with van der Waals surface area (Å²) in [6.07, 6.45) is -2.30. The third-order valence-corrected chi connectivity index (χ3v) is 6.57. The van der Waals surface area contributed by atoms with E-state index in [2.05, 4.69) is 20.8 Å². The Morgan fingerprint density at radius 1 is 1.19 bits per heavy atom. The molecular weight excluding hydrogens is 473 g/mol. The van der Waals surface area contributed by atoms with Crippen molar-refractivity contribution in [2.75, 3.05) is 10.6 Å². The second kappa shape index (κ2) is 8.89. The summed E-state index contributed by atoms with van der Waals surface area (Å²) in [5.74, 6) is -0.233. The van der Waals surface area contributed by atoms with Crippen LogP contribution in [0.2, 0.25) is 0 Å². The number of halogens is 3. The Morgan fingerprint density at radius 3 is 2.67 bits per heavy atom. The number of nitrogens with zero attached hydrogens (tertiary/aromatic N) is 4. The van der Waals surface area contributed by atoms with Crippen molar-refractivity contribution in [3.8, 4) is 0 Å². The Kier molecular flexibility index (Phi) is 5.85. The zero-order valence-corrected chi connectivity index (χ0v) is 19.9. The van der Waals surface area contributed by atoms with Gasteiger partial charge in [0.15, 0.2) is 6.04 Å². The molecule has 1 aliphatic heterocycles. The van der Waals surface area contributed by atoms with Crippen LogP contribution < -0.4 is 10.6 Å². The maximum absolute atomic E-state index is 13.9. The van der Waals surface area contributed by atoms with Crippen molar-refractivity contribution in [3.63, 3.8) is 0 Å². The Hall–Kier alpha value is -4.02. The van der Waals surface area contributed by atoms with Crippen molar-refractivity contribution in [1.29, 1.82) is 0 Å². The number of amides is 1. The van der Waals surface area contributed by atoms with Crippen molar-refractivity contribution in [1.82, 2.24) is 19.6 Å². The van der Waals surface area contributed by atoms with E-state index in [9.17, 15) is 18.0 Å². The number of carbonyl (C=O) groups is 1. The predicted octanol–water partition coefficient (Wildman–Crippen LogP) is 5.56. The average molecular weight is 499 g/mol. The highest BCUT2D eigenvalue weighted by molar-refractivity contribution is 6.08. The van der Waals surface area contributed by atoms with Gasteiger partial charge in [0.25, 0.3) is 5.91 Å². The number of alkyl halides is 3. The lowest BCUT2D eigenvalue weighted by molar-refractivity contribution is -0.174. The van der Waals surface area contributed by atoms with E-state index in [-0.39, 0.29) is 17.8 Å². The number of fused-ring (bicyclic) bond motifs is 1. The first-order valence-electron chi connectivity index (χ1n) is 11.5. The number of furan rings is 1. The molecule has 0 spiro atoms. The monoisotopic (exact) mass is 498 g/mol. The standard InChI is InChI=1S/C25H25F3N6O2/c1-14-7-4-5-8-17(14)13-33-16(3)22(15(2)32-33)31-24(35)18-12-29-34-21(25(26,27)28)11-19(30-23(18)34)20-9-6-10-36-20/h4-10,12,19,21,30H,11,13H2,1-3H3,(H,31,35)/t19-,21-/m0/s1. The number of anilines is 2. The molecule has 8 nitrogen and oxygen atoms in total. The molecule has 4 heterocycles. The molecule has 0 radical (unpaired) electrons. The van der Waals surface area contributed by atoms with E-state index in [0.717, 1.165) is 27.7 Å². The largest absolute Gasteiger partial charge is 0.467 e. The van der Waals surface area contributed by atoms with Crippen molar-refractivity contribution in [2.45, 2.75) is 52.0 Å². The summed E-state index contributed by atoms with van der Waals surface area (Å²) in [5.41, 5.74) is 4.08. The Bertz CT molecular complexity index is 1400. The van der Waals surface area contributed by atoms with Crippen LogP contribution in [0, 0.1) is 20.8 Å². The molecule has 0 fully saturated rings. The first kappa shape index (κ1) is 23.7. The van der Waals surface area contributed by atoms with Crippen molar-refractivity contribution in [2.24, 2.45) is 0 Å². The van der Waals surface area contributed by atoms with E-state index in [0.29, 0.717) is 23.7 Å². The van der Waals surface area contributed by atoms with E-state index in [1.54, 1.807) is 23.7 Å². The summed E-state index contributed by atoms with van der Waals surface area (Å²) < 4.78 is 49.6. The predicted molar refractivity (Wildman–Crippen MR) is 127 cm³/mol. The number of rotatable bonds is 5. The first-order chi connectivity index (χ1) is 17.1. The van der Waals surface area contributed by atoms with E-state index >= 15 is 0 Å². The number of carbonyl (C=O) groups excluding carboxylic acids is 1. The maximum atomic E-state index is 13.9. The quantitative estimate of drug-likeness (QED) is 0.376. The summed E-state index contributed by atoms with van der Waals surface area (Å²) in [6, 6.07) is 8.51. The molecular formula is C25H25F3N6O2. The first-order valence-corrected chi connectivity index (χ1v) is 11.5. The fourth-order valence-electron chi connectivity index (χ4n) is 4.57. The molecule has 0 saturated carbocycles. The van der Waals surface area contributed by atoms with Gasteiger partial charge in [0.2, 0.25) is 0 Å². The number of hydrogen-bond donors (Lipinski definition) is 2. The molecule has 0 aliphatic carbocycles. The normalized spacial score (nSPS) is 17.5. The molecule has 5 rings (SSSR count). The number of nitrogens with one attached hydrogen (secondary N) is 2. The molecule has 1 aromatic carbocycles. The maximum Gasteiger partial charge on any atom is 0.410 e. The van der Waals surface area contributed by atoms with Gasteiger partial charge in [-0.2, -0.15) is 23.4 Å². The SMILES string of the molecule is Cc1ccccc1Cn1nc(C)c(NC(=O)c2cnn3c2N[C@H](c2ccco2)C[C@H]3C(F)(F)F)c1C. The van der Waals surface area contributed by atoms with Crippen LogP contribution in [0.3, 0.4) is 0 Å². The average Bonchev–Trinajstić information content (AvgIpc) is 3.56. The second-order valence-electron chi connectivity index (χ2n) is 8.94.